The molecule has 7 heteroatoms. The van der Waals surface area contributed by atoms with Crippen molar-refractivity contribution < 1.29 is 19.8 Å². The van der Waals surface area contributed by atoms with Crippen molar-refractivity contribution in [3.63, 3.8) is 0 Å². The highest BCUT2D eigenvalue weighted by atomic mass is 127. The summed E-state index contributed by atoms with van der Waals surface area (Å²) in [6, 6.07) is 3.98. The lowest BCUT2D eigenvalue weighted by Crippen LogP contribution is -2.19. The van der Waals surface area contributed by atoms with E-state index >= 15 is 0 Å². The van der Waals surface area contributed by atoms with E-state index in [1.807, 2.05) is 22.6 Å². The van der Waals surface area contributed by atoms with Crippen LogP contribution in [0.25, 0.3) is 0 Å². The number of rotatable bonds is 2. The maximum atomic E-state index is 11.7. The molecule has 0 aliphatic carbocycles. The maximum Gasteiger partial charge on any atom is 0.365 e. The molecule has 0 amide bonds. The lowest BCUT2D eigenvalue weighted by molar-refractivity contribution is 0.0381. The van der Waals surface area contributed by atoms with Crippen LogP contribution < -0.4 is 4.84 Å². The number of hydrogen-bond donors (Lipinski definition) is 2. The predicted octanol–water partition coefficient (Wildman–Crippen LogP) is 1.17. The van der Waals surface area contributed by atoms with Crippen LogP contribution in [-0.4, -0.2) is 25.9 Å². The molecule has 0 bridgehead atoms. The standard InChI is InChI=1S/C10H7IN2O4/c11-7-3-6(4-12-5-7)10(16)17-13-8(14)1-2-9(13)15/h1-5,14-15H. The molecule has 0 radical (unpaired) electrons. The highest BCUT2D eigenvalue weighted by Gasteiger charge is 2.14. The average Bonchev–Trinajstić information content (AvgIpc) is 2.61. The van der Waals surface area contributed by atoms with Crippen LogP contribution in [0.5, 0.6) is 11.8 Å². The van der Waals surface area contributed by atoms with Gasteiger partial charge in [-0.1, -0.05) is 0 Å². The second kappa shape index (κ2) is 4.62. The molecular formula is C10H7IN2O4. The predicted molar refractivity (Wildman–Crippen MR) is 65.6 cm³/mol. The van der Waals surface area contributed by atoms with Crippen molar-refractivity contribution in [3.05, 3.63) is 39.7 Å². The van der Waals surface area contributed by atoms with Crippen molar-refractivity contribution >= 4 is 28.6 Å². The zero-order chi connectivity index (χ0) is 12.4. The number of carbonyl (C=O) groups is 1. The number of nitrogens with zero attached hydrogens (tertiary/aromatic N) is 2. The van der Waals surface area contributed by atoms with Crippen LogP contribution in [0.1, 0.15) is 10.4 Å². The highest BCUT2D eigenvalue weighted by molar-refractivity contribution is 14.1. The van der Waals surface area contributed by atoms with Gasteiger partial charge in [0.2, 0.25) is 11.8 Å². The Kier molecular flexibility index (Phi) is 3.18. The zero-order valence-corrected chi connectivity index (χ0v) is 10.5. The van der Waals surface area contributed by atoms with E-state index in [9.17, 15) is 15.0 Å². The summed E-state index contributed by atoms with van der Waals surface area (Å²) in [5.74, 6) is -1.46. The Morgan fingerprint density at radius 3 is 2.53 bits per heavy atom. The van der Waals surface area contributed by atoms with Crippen molar-refractivity contribution in [2.75, 3.05) is 0 Å². The number of halogens is 1. The topological polar surface area (TPSA) is 84.6 Å². The van der Waals surface area contributed by atoms with Crippen LogP contribution in [0, 0.1) is 3.57 Å². The third-order valence-corrected chi connectivity index (χ3v) is 2.50. The molecule has 0 spiro atoms. The summed E-state index contributed by atoms with van der Waals surface area (Å²) in [5, 5.41) is 18.6. The van der Waals surface area contributed by atoms with E-state index in [-0.39, 0.29) is 17.3 Å². The monoisotopic (exact) mass is 346 g/mol. The minimum Gasteiger partial charge on any atom is -0.492 e. The molecule has 0 saturated heterocycles. The van der Waals surface area contributed by atoms with E-state index in [0.717, 1.165) is 3.57 Å². The number of hydrogen-bond acceptors (Lipinski definition) is 5. The molecular weight excluding hydrogens is 339 g/mol. The first-order valence-corrected chi connectivity index (χ1v) is 5.58. The summed E-state index contributed by atoms with van der Waals surface area (Å²) < 4.78 is 1.40. The Hall–Kier alpha value is -1.77. The number of aromatic nitrogens is 2. The number of pyridine rings is 1. The Labute approximate surface area is 110 Å². The molecule has 17 heavy (non-hydrogen) atoms. The molecule has 2 N–H and O–H groups in total. The van der Waals surface area contributed by atoms with Crippen molar-refractivity contribution in [1.29, 1.82) is 0 Å². The van der Waals surface area contributed by atoms with Crippen molar-refractivity contribution in [3.8, 4) is 11.8 Å². The van der Waals surface area contributed by atoms with Gasteiger partial charge in [-0.3, -0.25) is 4.98 Å². The maximum absolute atomic E-state index is 11.7. The lowest BCUT2D eigenvalue weighted by atomic mass is 10.3. The summed E-state index contributed by atoms with van der Waals surface area (Å²) in [4.78, 5) is 20.3. The lowest BCUT2D eigenvalue weighted by Gasteiger charge is -2.06. The second-order valence-corrected chi connectivity index (χ2v) is 4.36. The van der Waals surface area contributed by atoms with Gasteiger partial charge in [-0.25, -0.2) is 4.79 Å². The van der Waals surface area contributed by atoms with Gasteiger partial charge in [0.05, 0.1) is 5.56 Å². The quantitative estimate of drug-likeness (QED) is 0.798. The first kappa shape index (κ1) is 11.7. The summed E-state index contributed by atoms with van der Waals surface area (Å²) in [6.07, 6.45) is 2.92. The largest absolute Gasteiger partial charge is 0.492 e. The Bertz CT molecular complexity index is 548. The number of carbonyl (C=O) groups excluding carboxylic acids is 1. The minimum absolute atomic E-state index is 0.226. The molecule has 2 heterocycles. The zero-order valence-electron chi connectivity index (χ0n) is 8.37. The molecule has 0 atom stereocenters. The third-order valence-electron chi connectivity index (χ3n) is 1.91. The first-order valence-electron chi connectivity index (χ1n) is 4.51. The average molecular weight is 346 g/mol. The first-order chi connectivity index (χ1) is 8.08. The molecule has 0 saturated carbocycles. The van der Waals surface area contributed by atoms with Crippen molar-refractivity contribution in [2.45, 2.75) is 0 Å². The molecule has 6 nitrogen and oxygen atoms in total. The molecule has 0 aromatic carbocycles. The SMILES string of the molecule is O=C(On1c(O)ccc1O)c1cncc(I)c1. The molecule has 2 aromatic heterocycles. The molecule has 0 fully saturated rings. The molecule has 0 aliphatic heterocycles. The fourth-order valence-electron chi connectivity index (χ4n) is 1.15. The Morgan fingerprint density at radius 2 is 1.94 bits per heavy atom. The second-order valence-electron chi connectivity index (χ2n) is 3.11. The van der Waals surface area contributed by atoms with E-state index in [4.69, 9.17) is 4.84 Å². The van der Waals surface area contributed by atoms with Gasteiger partial charge >= 0.3 is 5.97 Å². The summed E-state index contributed by atoms with van der Waals surface area (Å²) in [6.45, 7) is 0. The normalized spacial score (nSPS) is 10.2. The fraction of sp³-hybridized carbons (Fsp3) is 0. The minimum atomic E-state index is -0.724. The Morgan fingerprint density at radius 1 is 1.29 bits per heavy atom. The van der Waals surface area contributed by atoms with Crippen LogP contribution in [0.4, 0.5) is 0 Å². The smallest absolute Gasteiger partial charge is 0.365 e. The van der Waals surface area contributed by atoms with Gasteiger partial charge in [0.1, 0.15) is 0 Å². The van der Waals surface area contributed by atoms with Crippen LogP contribution >= 0.6 is 22.6 Å². The summed E-state index contributed by atoms with van der Waals surface area (Å²) >= 11 is 2.01. The van der Waals surface area contributed by atoms with E-state index in [2.05, 4.69) is 4.98 Å². The van der Waals surface area contributed by atoms with Gasteiger partial charge in [0.15, 0.2) is 0 Å². The summed E-state index contributed by atoms with van der Waals surface area (Å²) in [7, 11) is 0. The van der Waals surface area contributed by atoms with Gasteiger partial charge in [-0.2, -0.15) is 0 Å². The van der Waals surface area contributed by atoms with Gasteiger partial charge in [-0.15, -0.1) is 4.73 Å². The third kappa shape index (κ3) is 2.49. The van der Waals surface area contributed by atoms with Crippen molar-refractivity contribution in [2.24, 2.45) is 0 Å². The highest BCUT2D eigenvalue weighted by Crippen LogP contribution is 2.19. The van der Waals surface area contributed by atoms with Crippen LogP contribution in [0.3, 0.4) is 0 Å². The molecule has 88 valence electrons. The molecule has 0 aliphatic rings. The van der Waals surface area contributed by atoms with E-state index in [0.29, 0.717) is 4.73 Å². The molecule has 2 aromatic rings. The summed E-state index contributed by atoms with van der Waals surface area (Å²) in [5.41, 5.74) is 0.226. The van der Waals surface area contributed by atoms with Gasteiger partial charge in [-0.05, 0) is 28.7 Å². The van der Waals surface area contributed by atoms with Gasteiger partial charge in [0.25, 0.3) is 0 Å². The number of aromatic hydroxyl groups is 2. The van der Waals surface area contributed by atoms with E-state index in [1.165, 1.54) is 18.3 Å². The molecule has 0 unspecified atom stereocenters. The van der Waals surface area contributed by atoms with Crippen LogP contribution in [0.15, 0.2) is 30.6 Å². The van der Waals surface area contributed by atoms with Gasteiger partial charge < -0.3 is 15.1 Å². The van der Waals surface area contributed by atoms with E-state index in [1.54, 1.807) is 12.3 Å². The van der Waals surface area contributed by atoms with Crippen LogP contribution in [0.2, 0.25) is 0 Å². The van der Waals surface area contributed by atoms with E-state index < -0.39 is 5.97 Å². The van der Waals surface area contributed by atoms with Gasteiger partial charge in [0, 0.05) is 28.1 Å². The van der Waals surface area contributed by atoms with Crippen molar-refractivity contribution in [1.82, 2.24) is 9.71 Å². The molecule has 2 rings (SSSR count). The fourth-order valence-corrected chi connectivity index (χ4v) is 1.65. The van der Waals surface area contributed by atoms with Crippen LogP contribution in [-0.2, 0) is 0 Å². The Balaban J connectivity index is 2.23.